The monoisotopic (exact) mass is 459 g/mol. The third kappa shape index (κ3) is 6.38. The van der Waals surface area contributed by atoms with Gasteiger partial charge >= 0.3 is 0 Å². The van der Waals surface area contributed by atoms with Crippen LogP contribution in [-0.2, 0) is 6.42 Å². The van der Waals surface area contributed by atoms with E-state index in [9.17, 15) is 9.90 Å². The summed E-state index contributed by atoms with van der Waals surface area (Å²) in [5.74, 6) is 1.42. The van der Waals surface area contributed by atoms with E-state index < -0.39 is 0 Å². The highest BCUT2D eigenvalue weighted by atomic mass is 16.3. The molecule has 0 unspecified atom stereocenters. The van der Waals surface area contributed by atoms with Gasteiger partial charge in [0.25, 0.3) is 0 Å². The minimum atomic E-state index is -0.206. The Labute approximate surface area is 201 Å². The van der Waals surface area contributed by atoms with Crippen molar-refractivity contribution in [3.63, 3.8) is 0 Å². The Morgan fingerprint density at radius 3 is 2.53 bits per heavy atom. The summed E-state index contributed by atoms with van der Waals surface area (Å²) >= 11 is 0. The number of hydrogen-bond acceptors (Lipinski definition) is 7. The molecule has 0 bridgehead atoms. The maximum Gasteiger partial charge on any atom is 0.224 e. The fourth-order valence-electron chi connectivity index (χ4n) is 4.15. The molecule has 3 aromatic rings. The smallest absolute Gasteiger partial charge is 0.224 e. The third-order valence-corrected chi connectivity index (χ3v) is 6.20. The number of pyridine rings is 1. The van der Waals surface area contributed by atoms with Crippen LogP contribution in [0, 0.1) is 0 Å². The van der Waals surface area contributed by atoms with Crippen molar-refractivity contribution >= 4 is 17.5 Å². The second kappa shape index (κ2) is 11.7. The third-order valence-electron chi connectivity index (χ3n) is 6.20. The summed E-state index contributed by atoms with van der Waals surface area (Å²) in [5.41, 5.74) is 3.16. The molecule has 4 rings (SSSR count). The number of ketones is 1. The van der Waals surface area contributed by atoms with Crippen LogP contribution in [0.25, 0.3) is 11.3 Å². The number of rotatable bonds is 10. The number of carbonyl (C=O) groups excluding carboxylic acids is 1. The molecule has 2 heterocycles. The maximum atomic E-state index is 12.5. The van der Waals surface area contributed by atoms with Gasteiger partial charge in [-0.05, 0) is 43.7 Å². The van der Waals surface area contributed by atoms with Crippen LogP contribution in [0.1, 0.15) is 61.4 Å². The van der Waals surface area contributed by atoms with Gasteiger partial charge in [-0.3, -0.25) is 9.78 Å². The molecule has 178 valence electrons. The average molecular weight is 460 g/mol. The lowest BCUT2D eigenvalue weighted by molar-refractivity contribution is 0.0993. The first kappa shape index (κ1) is 23.8. The van der Waals surface area contributed by atoms with Crippen molar-refractivity contribution in [2.45, 2.75) is 64.0 Å². The molecule has 34 heavy (non-hydrogen) atoms. The van der Waals surface area contributed by atoms with Crippen LogP contribution >= 0.6 is 0 Å². The van der Waals surface area contributed by atoms with Gasteiger partial charge in [-0.2, -0.15) is 4.98 Å². The molecular formula is C27H33N5O2. The standard InChI is InChI=1S/C27H33N5O2/c1-2-3-15-28-27-30-18-23(26(32-27)31-21-10-12-22(33)13-11-21)24-14-9-19(17-29-24)16-25(34)20-7-5-4-6-8-20/h4-9,14,17-18,21-22,33H,2-3,10-13,15-16H2,1H3,(H2,28,30,31,32). The van der Waals surface area contributed by atoms with Gasteiger partial charge in [0.2, 0.25) is 5.95 Å². The highest BCUT2D eigenvalue weighted by molar-refractivity contribution is 5.97. The summed E-state index contributed by atoms with van der Waals surface area (Å²) in [5, 5.41) is 16.7. The number of unbranched alkanes of at least 4 members (excludes halogenated alkanes) is 1. The Morgan fingerprint density at radius 2 is 1.82 bits per heavy atom. The highest BCUT2D eigenvalue weighted by Gasteiger charge is 2.21. The Bertz CT molecular complexity index is 1060. The number of Topliss-reactive ketones (excluding diaryl/α,β-unsaturated/α-hetero) is 1. The fraction of sp³-hybridized carbons (Fsp3) is 0.407. The first-order valence-corrected chi connectivity index (χ1v) is 12.2. The van der Waals surface area contributed by atoms with Crippen LogP contribution in [0.15, 0.2) is 54.9 Å². The zero-order valence-corrected chi connectivity index (χ0v) is 19.7. The summed E-state index contributed by atoms with van der Waals surface area (Å²) in [6.07, 6.45) is 9.20. The van der Waals surface area contributed by atoms with E-state index >= 15 is 0 Å². The van der Waals surface area contributed by atoms with Gasteiger partial charge in [-0.25, -0.2) is 4.98 Å². The van der Waals surface area contributed by atoms with Gasteiger partial charge in [0.05, 0.1) is 17.4 Å². The lowest BCUT2D eigenvalue weighted by Crippen LogP contribution is -2.29. The van der Waals surface area contributed by atoms with Crippen LogP contribution in [0.5, 0.6) is 0 Å². The molecule has 0 spiro atoms. The molecule has 0 amide bonds. The van der Waals surface area contributed by atoms with Gasteiger partial charge in [0.1, 0.15) is 5.82 Å². The van der Waals surface area contributed by atoms with Crippen LogP contribution in [0.2, 0.25) is 0 Å². The van der Waals surface area contributed by atoms with Crippen LogP contribution in [0.3, 0.4) is 0 Å². The lowest BCUT2D eigenvalue weighted by Gasteiger charge is -2.27. The summed E-state index contributed by atoms with van der Waals surface area (Å²) in [6, 6.07) is 13.4. The average Bonchev–Trinajstić information content (AvgIpc) is 2.87. The predicted octanol–water partition coefficient (Wildman–Crippen LogP) is 4.89. The number of aliphatic hydroxyl groups is 1. The second-order valence-electron chi connectivity index (χ2n) is 8.90. The molecular weight excluding hydrogens is 426 g/mol. The van der Waals surface area contributed by atoms with Crippen molar-refractivity contribution in [2.75, 3.05) is 17.2 Å². The number of aliphatic hydroxyl groups excluding tert-OH is 1. The van der Waals surface area contributed by atoms with Crippen LogP contribution in [0.4, 0.5) is 11.8 Å². The summed E-state index contributed by atoms with van der Waals surface area (Å²) < 4.78 is 0. The summed E-state index contributed by atoms with van der Waals surface area (Å²) in [4.78, 5) is 26.4. The SMILES string of the molecule is CCCCNc1ncc(-c2ccc(CC(=O)c3ccccc3)cn2)c(NC2CCC(O)CC2)n1. The number of hydrogen-bond donors (Lipinski definition) is 3. The van der Waals surface area contributed by atoms with Crippen LogP contribution < -0.4 is 10.6 Å². The highest BCUT2D eigenvalue weighted by Crippen LogP contribution is 2.29. The number of aromatic nitrogens is 3. The zero-order chi connectivity index (χ0) is 23.8. The molecule has 7 heteroatoms. The van der Waals surface area contributed by atoms with Crippen LogP contribution in [-0.4, -0.2) is 44.5 Å². The Balaban J connectivity index is 1.52. The molecule has 1 aliphatic carbocycles. The number of nitrogens with zero attached hydrogens (tertiary/aromatic N) is 3. The van der Waals surface area contributed by atoms with E-state index in [4.69, 9.17) is 4.98 Å². The van der Waals surface area contributed by atoms with E-state index in [1.807, 2.05) is 42.5 Å². The molecule has 1 aliphatic rings. The van der Waals surface area contributed by atoms with Crippen molar-refractivity contribution in [2.24, 2.45) is 0 Å². The van der Waals surface area contributed by atoms with E-state index in [1.54, 1.807) is 12.4 Å². The molecule has 7 nitrogen and oxygen atoms in total. The van der Waals surface area contributed by atoms with Crippen molar-refractivity contribution in [1.29, 1.82) is 0 Å². The molecule has 0 radical (unpaired) electrons. The molecule has 0 saturated heterocycles. The normalized spacial score (nSPS) is 17.8. The van der Waals surface area contributed by atoms with E-state index in [2.05, 4.69) is 27.5 Å². The summed E-state index contributed by atoms with van der Waals surface area (Å²) in [7, 11) is 0. The zero-order valence-electron chi connectivity index (χ0n) is 19.7. The molecule has 2 aromatic heterocycles. The first-order chi connectivity index (χ1) is 16.6. The molecule has 0 aliphatic heterocycles. The van der Waals surface area contributed by atoms with Crippen molar-refractivity contribution < 1.29 is 9.90 Å². The fourth-order valence-corrected chi connectivity index (χ4v) is 4.15. The minimum Gasteiger partial charge on any atom is -0.393 e. The van der Waals surface area contributed by atoms with Crippen molar-refractivity contribution in [3.8, 4) is 11.3 Å². The van der Waals surface area contributed by atoms with E-state index in [-0.39, 0.29) is 17.9 Å². The maximum absolute atomic E-state index is 12.5. The molecule has 1 aromatic carbocycles. The quantitative estimate of drug-likeness (QED) is 0.293. The first-order valence-electron chi connectivity index (χ1n) is 12.2. The van der Waals surface area contributed by atoms with E-state index in [1.165, 1.54) is 0 Å². The largest absolute Gasteiger partial charge is 0.393 e. The Hall–Kier alpha value is -3.32. The molecule has 1 fully saturated rings. The minimum absolute atomic E-state index is 0.0721. The Morgan fingerprint density at radius 1 is 1.03 bits per heavy atom. The van der Waals surface area contributed by atoms with Gasteiger partial charge in [0.15, 0.2) is 5.78 Å². The van der Waals surface area contributed by atoms with Gasteiger partial charge in [0, 0.05) is 37.0 Å². The summed E-state index contributed by atoms with van der Waals surface area (Å²) in [6.45, 7) is 2.98. The second-order valence-corrected chi connectivity index (χ2v) is 8.90. The van der Waals surface area contributed by atoms with Crippen molar-refractivity contribution in [3.05, 3.63) is 66.0 Å². The van der Waals surface area contributed by atoms with Crippen molar-refractivity contribution in [1.82, 2.24) is 15.0 Å². The van der Waals surface area contributed by atoms with E-state index in [0.717, 1.165) is 67.7 Å². The number of carbonyl (C=O) groups is 1. The van der Waals surface area contributed by atoms with Gasteiger partial charge < -0.3 is 15.7 Å². The number of anilines is 2. The number of benzene rings is 1. The predicted molar refractivity (Wildman–Crippen MR) is 135 cm³/mol. The molecule has 1 saturated carbocycles. The van der Waals surface area contributed by atoms with Gasteiger partial charge in [-0.15, -0.1) is 0 Å². The van der Waals surface area contributed by atoms with E-state index in [0.29, 0.717) is 17.9 Å². The van der Waals surface area contributed by atoms with Gasteiger partial charge in [-0.1, -0.05) is 49.7 Å². The number of nitrogens with one attached hydrogen (secondary N) is 2. The molecule has 0 atom stereocenters. The lowest BCUT2D eigenvalue weighted by atomic mass is 9.93. The Kier molecular flexibility index (Phi) is 8.20. The molecule has 3 N–H and O–H groups in total. The topological polar surface area (TPSA) is 100 Å².